The zero-order chi connectivity index (χ0) is 24.5. The van der Waals surface area contributed by atoms with Crippen molar-refractivity contribution in [2.24, 2.45) is 0 Å². The lowest BCUT2D eigenvalue weighted by atomic mass is 10.1. The van der Waals surface area contributed by atoms with Gasteiger partial charge in [-0.3, -0.25) is 10.2 Å². The first-order valence-corrected chi connectivity index (χ1v) is 12.4. The molecule has 1 fully saturated rings. The molecule has 1 amide bonds. The number of piperazine rings is 1. The molecule has 2 heterocycles. The molecule has 0 spiro atoms. The van der Waals surface area contributed by atoms with Gasteiger partial charge in [0.25, 0.3) is 5.91 Å². The number of nitrogens with zero attached hydrogens (tertiary/aromatic N) is 4. The van der Waals surface area contributed by atoms with Gasteiger partial charge in [-0.2, -0.15) is 5.10 Å². The van der Waals surface area contributed by atoms with Crippen molar-refractivity contribution in [3.63, 3.8) is 0 Å². The summed E-state index contributed by atoms with van der Waals surface area (Å²) in [4.78, 5) is 17.6. The number of nitrogens with one attached hydrogen (secondary N) is 2. The van der Waals surface area contributed by atoms with Crippen molar-refractivity contribution in [1.29, 1.82) is 5.41 Å². The second-order valence-electron chi connectivity index (χ2n) is 8.93. The van der Waals surface area contributed by atoms with E-state index in [9.17, 15) is 4.79 Å². The van der Waals surface area contributed by atoms with Crippen molar-refractivity contribution in [1.82, 2.24) is 19.6 Å². The van der Waals surface area contributed by atoms with Gasteiger partial charge in [-0.15, -0.1) is 0 Å². The second kappa shape index (κ2) is 9.64. The van der Waals surface area contributed by atoms with Crippen LogP contribution in [0.4, 0.5) is 5.69 Å². The Morgan fingerprint density at radius 1 is 0.943 bits per heavy atom. The molecular weight excluding hydrogens is 504 g/mol. The van der Waals surface area contributed by atoms with Crippen molar-refractivity contribution < 1.29 is 4.79 Å². The molecule has 178 valence electrons. The van der Waals surface area contributed by atoms with E-state index in [0.29, 0.717) is 17.2 Å². The maximum absolute atomic E-state index is 13.2. The number of aryl methyl sites for hydroxylation is 1. The molecule has 7 nitrogen and oxygen atoms in total. The Hall–Kier alpha value is -3.49. The molecule has 0 aliphatic carbocycles. The van der Waals surface area contributed by atoms with Crippen LogP contribution in [0.3, 0.4) is 0 Å². The molecule has 35 heavy (non-hydrogen) atoms. The summed E-state index contributed by atoms with van der Waals surface area (Å²) in [5.74, 6) is 0.288. The van der Waals surface area contributed by atoms with Crippen LogP contribution in [-0.2, 0) is 0 Å². The number of hydrogen-bond donors (Lipinski definition) is 2. The third-order valence-corrected chi connectivity index (χ3v) is 6.82. The zero-order valence-electron chi connectivity index (χ0n) is 19.8. The van der Waals surface area contributed by atoms with E-state index in [1.54, 1.807) is 10.7 Å². The number of benzene rings is 3. The first-order valence-electron chi connectivity index (χ1n) is 11.6. The summed E-state index contributed by atoms with van der Waals surface area (Å²) in [5, 5.41) is 18.3. The van der Waals surface area contributed by atoms with Crippen LogP contribution in [0, 0.1) is 12.3 Å². The molecule has 0 bridgehead atoms. The van der Waals surface area contributed by atoms with E-state index in [4.69, 9.17) is 5.41 Å². The number of carbonyl (C=O) groups excluding carboxylic acids is 1. The summed E-state index contributed by atoms with van der Waals surface area (Å²) in [6.07, 6.45) is 0. The van der Waals surface area contributed by atoms with Crippen LogP contribution in [0.15, 0.2) is 71.2 Å². The number of anilines is 1. The summed E-state index contributed by atoms with van der Waals surface area (Å²) in [6, 6.07) is 21.4. The standard InChI is InChI=1S/C27H27BrN6O/c1-18-15-25(34(31-18)24-10-6-20-16-22(28)7-3-21(20)17-24)27(35)30-23-8-4-19(5-9-23)26(29)33-13-11-32(2)12-14-33/h3-10,15-17,29H,11-14H2,1-2H3,(H,30,35). The second-order valence-corrected chi connectivity index (χ2v) is 9.84. The molecule has 4 aromatic rings. The van der Waals surface area contributed by atoms with E-state index in [0.717, 1.165) is 58.4 Å². The van der Waals surface area contributed by atoms with Crippen LogP contribution in [0.1, 0.15) is 21.7 Å². The number of carbonyl (C=O) groups is 1. The third kappa shape index (κ3) is 4.99. The van der Waals surface area contributed by atoms with E-state index in [-0.39, 0.29) is 5.91 Å². The van der Waals surface area contributed by atoms with Crippen LogP contribution >= 0.6 is 15.9 Å². The summed E-state index contributed by atoms with van der Waals surface area (Å²) in [7, 11) is 2.10. The molecule has 3 aromatic carbocycles. The molecule has 0 radical (unpaired) electrons. The van der Waals surface area contributed by atoms with Gasteiger partial charge in [-0.25, -0.2) is 4.68 Å². The highest BCUT2D eigenvalue weighted by Gasteiger charge is 2.19. The Labute approximate surface area is 213 Å². The van der Waals surface area contributed by atoms with Gasteiger partial charge in [0.1, 0.15) is 11.5 Å². The minimum Gasteiger partial charge on any atom is -0.354 e. The van der Waals surface area contributed by atoms with Gasteiger partial charge in [0.15, 0.2) is 0 Å². The number of rotatable bonds is 4. The van der Waals surface area contributed by atoms with Crippen molar-refractivity contribution in [2.75, 3.05) is 38.5 Å². The van der Waals surface area contributed by atoms with E-state index in [1.807, 2.05) is 61.5 Å². The highest BCUT2D eigenvalue weighted by Crippen LogP contribution is 2.24. The van der Waals surface area contributed by atoms with Crippen molar-refractivity contribution in [3.05, 3.63) is 88.2 Å². The van der Waals surface area contributed by atoms with Crippen molar-refractivity contribution in [3.8, 4) is 5.69 Å². The maximum atomic E-state index is 13.2. The normalized spacial score (nSPS) is 14.3. The quantitative estimate of drug-likeness (QED) is 0.290. The average molecular weight is 531 g/mol. The van der Waals surface area contributed by atoms with Gasteiger partial charge in [0.05, 0.1) is 11.4 Å². The highest BCUT2D eigenvalue weighted by atomic mass is 79.9. The highest BCUT2D eigenvalue weighted by molar-refractivity contribution is 9.10. The molecule has 8 heteroatoms. The largest absolute Gasteiger partial charge is 0.354 e. The Kier molecular flexibility index (Phi) is 6.40. The summed E-state index contributed by atoms with van der Waals surface area (Å²) in [5.41, 5.74) is 3.58. The molecule has 1 saturated heterocycles. The zero-order valence-corrected chi connectivity index (χ0v) is 21.3. The van der Waals surface area contributed by atoms with E-state index >= 15 is 0 Å². The molecular formula is C27H27BrN6O. The maximum Gasteiger partial charge on any atom is 0.274 e. The SMILES string of the molecule is Cc1cc(C(=O)Nc2ccc(C(=N)N3CCN(C)CC3)cc2)n(-c2ccc3cc(Br)ccc3c2)n1. The lowest BCUT2D eigenvalue weighted by Crippen LogP contribution is -2.47. The number of halogens is 1. The minimum atomic E-state index is -0.233. The fourth-order valence-electron chi connectivity index (χ4n) is 4.31. The minimum absolute atomic E-state index is 0.233. The molecule has 1 aliphatic rings. The molecule has 2 N–H and O–H groups in total. The first kappa shape index (κ1) is 23.3. The van der Waals surface area contributed by atoms with Crippen LogP contribution in [0.25, 0.3) is 16.5 Å². The number of aromatic nitrogens is 2. The van der Waals surface area contributed by atoms with Gasteiger partial charge in [0.2, 0.25) is 0 Å². The van der Waals surface area contributed by atoms with Gasteiger partial charge in [-0.1, -0.05) is 28.1 Å². The molecule has 0 unspecified atom stereocenters. The molecule has 1 aromatic heterocycles. The average Bonchev–Trinajstić information content (AvgIpc) is 3.26. The Morgan fingerprint density at radius 2 is 1.63 bits per heavy atom. The topological polar surface area (TPSA) is 77.3 Å². The Morgan fingerprint density at radius 3 is 2.37 bits per heavy atom. The molecule has 0 atom stereocenters. The van der Waals surface area contributed by atoms with Crippen LogP contribution in [0.2, 0.25) is 0 Å². The summed E-state index contributed by atoms with van der Waals surface area (Å²) >= 11 is 3.51. The Bertz CT molecular complexity index is 1400. The van der Waals surface area contributed by atoms with E-state index in [2.05, 4.69) is 49.3 Å². The van der Waals surface area contributed by atoms with Gasteiger partial charge < -0.3 is 15.1 Å². The van der Waals surface area contributed by atoms with Crippen LogP contribution in [-0.4, -0.2) is 64.5 Å². The lowest BCUT2D eigenvalue weighted by Gasteiger charge is -2.34. The smallest absolute Gasteiger partial charge is 0.274 e. The molecule has 1 aliphatic heterocycles. The molecule has 5 rings (SSSR count). The number of amidine groups is 1. The number of hydrogen-bond acceptors (Lipinski definition) is 4. The molecule has 0 saturated carbocycles. The van der Waals surface area contributed by atoms with Crippen molar-refractivity contribution in [2.45, 2.75) is 6.92 Å². The Balaban J connectivity index is 1.33. The van der Waals surface area contributed by atoms with Crippen molar-refractivity contribution >= 4 is 44.1 Å². The fourth-order valence-corrected chi connectivity index (χ4v) is 4.69. The summed E-state index contributed by atoms with van der Waals surface area (Å²) in [6.45, 7) is 5.49. The van der Waals surface area contributed by atoms with Gasteiger partial charge >= 0.3 is 0 Å². The predicted octanol–water partition coefficient (Wildman–Crippen LogP) is 4.92. The van der Waals surface area contributed by atoms with Crippen LogP contribution < -0.4 is 5.32 Å². The summed E-state index contributed by atoms with van der Waals surface area (Å²) < 4.78 is 2.71. The predicted molar refractivity (Wildman–Crippen MR) is 144 cm³/mol. The van der Waals surface area contributed by atoms with Crippen LogP contribution in [0.5, 0.6) is 0 Å². The van der Waals surface area contributed by atoms with Gasteiger partial charge in [0, 0.05) is 41.9 Å². The van der Waals surface area contributed by atoms with E-state index < -0.39 is 0 Å². The third-order valence-electron chi connectivity index (χ3n) is 6.33. The fraction of sp³-hybridized carbons (Fsp3) is 0.222. The first-order chi connectivity index (χ1) is 16.9. The number of fused-ring (bicyclic) bond motifs is 1. The number of amides is 1. The monoisotopic (exact) mass is 530 g/mol. The van der Waals surface area contributed by atoms with Gasteiger partial charge in [-0.05, 0) is 79.3 Å². The van der Waals surface area contributed by atoms with E-state index in [1.165, 1.54) is 0 Å². The lowest BCUT2D eigenvalue weighted by molar-refractivity contribution is 0.101. The number of likely N-dealkylation sites (N-methyl/N-ethyl adjacent to an activating group) is 1.